The summed E-state index contributed by atoms with van der Waals surface area (Å²) in [6, 6.07) is 7.67. The number of nitrogens with zero attached hydrogens (tertiary/aromatic N) is 1. The first kappa shape index (κ1) is 14.0. The Hall–Kier alpha value is -1.92. The first-order valence-corrected chi connectivity index (χ1v) is 7.35. The average molecular weight is 288 g/mol. The fraction of sp³-hybridized carbons (Fsp3) is 0.467. The highest BCUT2D eigenvalue weighted by Gasteiger charge is 2.27. The lowest BCUT2D eigenvalue weighted by atomic mass is 10.2. The fourth-order valence-electron chi connectivity index (χ4n) is 2.63. The lowest BCUT2D eigenvalue weighted by Gasteiger charge is -2.10. The number of H-pyrrole nitrogens is 1. The molecule has 4 N–H and O–H groups in total. The predicted octanol–water partition coefficient (Wildman–Crippen LogP) is 0.334. The van der Waals surface area contributed by atoms with E-state index in [9.17, 15) is 9.90 Å². The minimum Gasteiger partial charge on any atom is -0.392 e. The molecule has 2 atom stereocenters. The maximum absolute atomic E-state index is 11.8. The molecule has 112 valence electrons. The monoisotopic (exact) mass is 288 g/mol. The summed E-state index contributed by atoms with van der Waals surface area (Å²) in [6.45, 7) is 1.11. The van der Waals surface area contributed by atoms with Crippen LogP contribution in [0, 0.1) is 0 Å². The van der Waals surface area contributed by atoms with Gasteiger partial charge in [-0.1, -0.05) is 12.1 Å². The molecular weight excluding hydrogens is 268 g/mol. The number of para-hydroxylation sites is 2. The van der Waals surface area contributed by atoms with Crippen molar-refractivity contribution >= 4 is 16.9 Å². The number of benzene rings is 1. The van der Waals surface area contributed by atoms with Gasteiger partial charge >= 0.3 is 0 Å². The van der Waals surface area contributed by atoms with Crippen molar-refractivity contribution in [2.45, 2.75) is 31.4 Å². The molecule has 1 aromatic carbocycles. The van der Waals surface area contributed by atoms with E-state index in [0.29, 0.717) is 19.5 Å². The number of aliphatic hydroxyl groups is 1. The van der Waals surface area contributed by atoms with E-state index in [2.05, 4.69) is 20.6 Å². The Morgan fingerprint density at radius 2 is 2.29 bits per heavy atom. The zero-order chi connectivity index (χ0) is 14.7. The van der Waals surface area contributed by atoms with Crippen LogP contribution in [0.15, 0.2) is 24.3 Å². The van der Waals surface area contributed by atoms with Crippen LogP contribution >= 0.6 is 0 Å². The number of aliphatic hydroxyl groups excluding tert-OH is 1. The number of β-amino-alcohol motifs (C(OH)–C–C–N with tert-alkyl or cyclic N) is 1. The molecular formula is C15H20N4O2. The second kappa shape index (κ2) is 6.24. The van der Waals surface area contributed by atoms with Crippen molar-refractivity contribution in [3.63, 3.8) is 0 Å². The van der Waals surface area contributed by atoms with E-state index < -0.39 is 6.10 Å². The molecule has 6 nitrogen and oxygen atoms in total. The number of aromatic amines is 1. The molecule has 2 unspecified atom stereocenters. The molecule has 0 radical (unpaired) electrons. The molecule has 0 spiro atoms. The number of imidazole rings is 1. The summed E-state index contributed by atoms with van der Waals surface area (Å²) in [7, 11) is 0. The Morgan fingerprint density at radius 1 is 1.43 bits per heavy atom. The molecule has 1 aromatic heterocycles. The van der Waals surface area contributed by atoms with Crippen LogP contribution in [0.2, 0.25) is 0 Å². The van der Waals surface area contributed by atoms with Gasteiger partial charge in [0.1, 0.15) is 5.82 Å². The van der Waals surface area contributed by atoms with Crippen LogP contribution < -0.4 is 10.6 Å². The highest BCUT2D eigenvalue weighted by molar-refractivity contribution is 5.82. The summed E-state index contributed by atoms with van der Waals surface area (Å²) in [4.78, 5) is 19.6. The first-order chi connectivity index (χ1) is 10.2. The Kier molecular flexibility index (Phi) is 4.17. The topological polar surface area (TPSA) is 90.0 Å². The van der Waals surface area contributed by atoms with Gasteiger partial charge in [0.2, 0.25) is 5.91 Å². The molecule has 1 aliphatic rings. The number of nitrogens with one attached hydrogen (secondary N) is 3. The summed E-state index contributed by atoms with van der Waals surface area (Å²) in [5, 5.41) is 15.3. The molecule has 1 fully saturated rings. The number of carbonyl (C=O) groups is 1. The zero-order valence-corrected chi connectivity index (χ0v) is 11.8. The van der Waals surface area contributed by atoms with Crippen LogP contribution in [-0.2, 0) is 11.2 Å². The molecule has 0 bridgehead atoms. The van der Waals surface area contributed by atoms with Crippen LogP contribution in [-0.4, -0.2) is 46.2 Å². The smallest absolute Gasteiger partial charge is 0.237 e. The molecule has 0 aliphatic carbocycles. The minimum atomic E-state index is -0.406. The largest absolute Gasteiger partial charge is 0.392 e. The molecule has 3 rings (SSSR count). The van der Waals surface area contributed by atoms with E-state index >= 15 is 0 Å². The number of carbonyl (C=O) groups excluding carboxylic acids is 1. The quantitative estimate of drug-likeness (QED) is 0.597. The van der Waals surface area contributed by atoms with E-state index in [1.54, 1.807) is 0 Å². The molecule has 0 saturated carbocycles. The molecule has 1 amide bonds. The maximum Gasteiger partial charge on any atom is 0.237 e. The van der Waals surface area contributed by atoms with Gasteiger partial charge in [-0.2, -0.15) is 0 Å². The van der Waals surface area contributed by atoms with Crippen LogP contribution in [0.4, 0.5) is 0 Å². The van der Waals surface area contributed by atoms with E-state index in [4.69, 9.17) is 0 Å². The highest BCUT2D eigenvalue weighted by atomic mass is 16.3. The minimum absolute atomic E-state index is 0.0313. The van der Waals surface area contributed by atoms with Crippen LogP contribution in [0.5, 0.6) is 0 Å². The van der Waals surface area contributed by atoms with Crippen LogP contribution in [0.25, 0.3) is 11.0 Å². The third-order valence-electron chi connectivity index (χ3n) is 3.75. The van der Waals surface area contributed by atoms with Crippen molar-refractivity contribution in [2.75, 3.05) is 13.1 Å². The lowest BCUT2D eigenvalue weighted by Crippen LogP contribution is -2.40. The summed E-state index contributed by atoms with van der Waals surface area (Å²) in [5.41, 5.74) is 2.02. The number of hydrogen-bond donors (Lipinski definition) is 4. The van der Waals surface area contributed by atoms with Gasteiger partial charge in [0.15, 0.2) is 0 Å². The van der Waals surface area contributed by atoms with Crippen molar-refractivity contribution in [1.29, 1.82) is 0 Å². The van der Waals surface area contributed by atoms with Crippen molar-refractivity contribution in [2.24, 2.45) is 0 Å². The molecule has 6 heteroatoms. The van der Waals surface area contributed by atoms with Crippen LogP contribution in [0.1, 0.15) is 18.7 Å². The Morgan fingerprint density at radius 3 is 3.05 bits per heavy atom. The van der Waals surface area contributed by atoms with Gasteiger partial charge in [-0.05, 0) is 25.0 Å². The van der Waals surface area contributed by atoms with Crippen molar-refractivity contribution in [3.8, 4) is 0 Å². The number of aromatic nitrogens is 2. The Balaban J connectivity index is 1.42. The standard InChI is InChI=1S/C15H20N4O2/c20-10-8-13(17-9-10)15(21)16-7-3-6-14-18-11-4-1-2-5-12(11)19-14/h1-2,4-5,10,13,17,20H,3,6-9H2,(H,16,21)(H,18,19). The van der Waals surface area contributed by atoms with E-state index in [1.807, 2.05) is 24.3 Å². The second-order valence-corrected chi connectivity index (χ2v) is 5.45. The Labute approximate surface area is 123 Å². The number of amides is 1. The number of aryl methyl sites for hydroxylation is 1. The fourth-order valence-corrected chi connectivity index (χ4v) is 2.63. The van der Waals surface area contributed by atoms with Gasteiger partial charge in [-0.15, -0.1) is 0 Å². The van der Waals surface area contributed by atoms with E-state index in [-0.39, 0.29) is 11.9 Å². The van der Waals surface area contributed by atoms with E-state index in [1.165, 1.54) is 0 Å². The second-order valence-electron chi connectivity index (χ2n) is 5.45. The Bertz CT molecular complexity index is 592. The lowest BCUT2D eigenvalue weighted by molar-refractivity contribution is -0.122. The summed E-state index contributed by atoms with van der Waals surface area (Å²) in [5.74, 6) is 0.913. The third-order valence-corrected chi connectivity index (χ3v) is 3.75. The molecule has 21 heavy (non-hydrogen) atoms. The average Bonchev–Trinajstić information content (AvgIpc) is 3.09. The number of rotatable bonds is 5. The van der Waals surface area contributed by atoms with Gasteiger partial charge in [0.05, 0.1) is 23.2 Å². The molecule has 2 heterocycles. The van der Waals surface area contributed by atoms with Crippen molar-refractivity contribution in [3.05, 3.63) is 30.1 Å². The summed E-state index contributed by atoms with van der Waals surface area (Å²) in [6.07, 6.45) is 1.72. The summed E-state index contributed by atoms with van der Waals surface area (Å²) < 4.78 is 0. The van der Waals surface area contributed by atoms with Crippen LogP contribution in [0.3, 0.4) is 0 Å². The SMILES string of the molecule is O=C(NCCCc1nc2ccccc2[nH]1)C1CC(O)CN1. The number of hydrogen-bond acceptors (Lipinski definition) is 4. The van der Waals surface area contributed by atoms with Gasteiger partial charge in [0, 0.05) is 19.5 Å². The maximum atomic E-state index is 11.8. The third kappa shape index (κ3) is 3.40. The van der Waals surface area contributed by atoms with Gasteiger partial charge in [-0.25, -0.2) is 4.98 Å². The van der Waals surface area contributed by atoms with Gasteiger partial charge in [-0.3, -0.25) is 4.79 Å². The first-order valence-electron chi connectivity index (χ1n) is 7.35. The number of fused-ring (bicyclic) bond motifs is 1. The van der Waals surface area contributed by atoms with E-state index in [0.717, 1.165) is 29.7 Å². The zero-order valence-electron chi connectivity index (χ0n) is 11.8. The normalized spacial score (nSPS) is 21.8. The molecule has 1 saturated heterocycles. The molecule has 2 aromatic rings. The van der Waals surface area contributed by atoms with Gasteiger partial charge < -0.3 is 20.7 Å². The predicted molar refractivity (Wildman–Crippen MR) is 79.8 cm³/mol. The van der Waals surface area contributed by atoms with Gasteiger partial charge in [0.25, 0.3) is 0 Å². The van der Waals surface area contributed by atoms with Crippen molar-refractivity contribution < 1.29 is 9.90 Å². The molecule has 1 aliphatic heterocycles. The highest BCUT2D eigenvalue weighted by Crippen LogP contribution is 2.11. The summed E-state index contributed by atoms with van der Waals surface area (Å²) >= 11 is 0. The van der Waals surface area contributed by atoms with Crippen molar-refractivity contribution in [1.82, 2.24) is 20.6 Å².